The summed E-state index contributed by atoms with van der Waals surface area (Å²) < 4.78 is 5.13. The highest BCUT2D eigenvalue weighted by atomic mass is 35.5. The molecule has 0 amide bonds. The largest absolute Gasteiger partial charge is 0.497 e. The standard InChI is InChI=1S/C11H11ClN2O/c1-15-9-2-3-10-7(5-9)4-8(6-13)11(12)14-10/h2-5H,6,13H2,1H3. The summed E-state index contributed by atoms with van der Waals surface area (Å²) in [6.45, 7) is 0.388. The van der Waals surface area contributed by atoms with E-state index in [-0.39, 0.29) is 0 Å². The second-order valence-corrected chi connectivity index (χ2v) is 3.56. The van der Waals surface area contributed by atoms with Crippen LogP contribution >= 0.6 is 11.6 Å². The van der Waals surface area contributed by atoms with E-state index >= 15 is 0 Å². The summed E-state index contributed by atoms with van der Waals surface area (Å²) in [5.41, 5.74) is 7.25. The quantitative estimate of drug-likeness (QED) is 0.794. The number of aromatic nitrogens is 1. The minimum atomic E-state index is 0.388. The molecule has 0 aliphatic carbocycles. The Morgan fingerprint density at radius 3 is 2.87 bits per heavy atom. The van der Waals surface area contributed by atoms with Crippen molar-refractivity contribution in [3.63, 3.8) is 0 Å². The van der Waals surface area contributed by atoms with Crippen molar-refractivity contribution in [2.75, 3.05) is 7.11 Å². The summed E-state index contributed by atoms with van der Waals surface area (Å²) in [4.78, 5) is 4.25. The van der Waals surface area contributed by atoms with Crippen LogP contribution in [0.15, 0.2) is 24.3 Å². The first-order chi connectivity index (χ1) is 7.24. The number of halogens is 1. The van der Waals surface area contributed by atoms with Gasteiger partial charge in [0.1, 0.15) is 10.9 Å². The van der Waals surface area contributed by atoms with Gasteiger partial charge < -0.3 is 10.5 Å². The molecule has 1 aromatic heterocycles. The van der Waals surface area contributed by atoms with Gasteiger partial charge in [-0.25, -0.2) is 4.98 Å². The van der Waals surface area contributed by atoms with E-state index in [4.69, 9.17) is 22.1 Å². The molecule has 15 heavy (non-hydrogen) atoms. The van der Waals surface area contributed by atoms with E-state index in [1.807, 2.05) is 24.3 Å². The zero-order chi connectivity index (χ0) is 10.8. The number of nitrogens with zero attached hydrogens (tertiary/aromatic N) is 1. The highest BCUT2D eigenvalue weighted by Gasteiger charge is 2.04. The lowest BCUT2D eigenvalue weighted by Crippen LogP contribution is -1.98. The van der Waals surface area contributed by atoms with Crippen molar-refractivity contribution in [3.8, 4) is 5.75 Å². The summed E-state index contributed by atoms with van der Waals surface area (Å²) >= 11 is 5.95. The Hall–Kier alpha value is -1.32. The van der Waals surface area contributed by atoms with Crippen LogP contribution in [0.3, 0.4) is 0 Å². The summed E-state index contributed by atoms with van der Waals surface area (Å²) in [6.07, 6.45) is 0. The number of methoxy groups -OCH3 is 1. The van der Waals surface area contributed by atoms with Crippen molar-refractivity contribution in [1.82, 2.24) is 4.98 Å². The van der Waals surface area contributed by atoms with Crippen LogP contribution in [0, 0.1) is 0 Å². The lowest BCUT2D eigenvalue weighted by atomic mass is 10.1. The molecule has 1 heterocycles. The zero-order valence-electron chi connectivity index (χ0n) is 8.33. The smallest absolute Gasteiger partial charge is 0.134 e. The van der Waals surface area contributed by atoms with Crippen molar-refractivity contribution in [2.24, 2.45) is 5.73 Å². The van der Waals surface area contributed by atoms with Gasteiger partial charge in [0.2, 0.25) is 0 Å². The number of pyridine rings is 1. The Morgan fingerprint density at radius 1 is 1.40 bits per heavy atom. The van der Waals surface area contributed by atoms with E-state index < -0.39 is 0 Å². The average molecular weight is 223 g/mol. The number of hydrogen-bond acceptors (Lipinski definition) is 3. The fourth-order valence-electron chi connectivity index (χ4n) is 1.44. The Balaban J connectivity index is 2.66. The fraction of sp³-hybridized carbons (Fsp3) is 0.182. The molecule has 2 aromatic rings. The van der Waals surface area contributed by atoms with E-state index in [0.29, 0.717) is 11.7 Å². The van der Waals surface area contributed by atoms with Crippen molar-refractivity contribution < 1.29 is 4.74 Å². The lowest BCUT2D eigenvalue weighted by molar-refractivity contribution is 0.415. The zero-order valence-corrected chi connectivity index (χ0v) is 9.08. The van der Waals surface area contributed by atoms with Gasteiger partial charge in [-0.1, -0.05) is 11.6 Å². The molecule has 4 heteroatoms. The molecule has 0 unspecified atom stereocenters. The number of rotatable bonds is 2. The Kier molecular flexibility index (Phi) is 2.75. The number of hydrogen-bond donors (Lipinski definition) is 1. The highest BCUT2D eigenvalue weighted by Crippen LogP contribution is 2.23. The van der Waals surface area contributed by atoms with Crippen LogP contribution in [-0.2, 0) is 6.54 Å². The maximum absolute atomic E-state index is 5.95. The van der Waals surface area contributed by atoms with Crippen molar-refractivity contribution in [1.29, 1.82) is 0 Å². The second kappa shape index (κ2) is 4.04. The number of fused-ring (bicyclic) bond motifs is 1. The van der Waals surface area contributed by atoms with Gasteiger partial charge in [0.05, 0.1) is 12.6 Å². The van der Waals surface area contributed by atoms with Crippen LogP contribution in [0.25, 0.3) is 10.9 Å². The van der Waals surface area contributed by atoms with Gasteiger partial charge >= 0.3 is 0 Å². The predicted molar refractivity (Wildman–Crippen MR) is 61.2 cm³/mol. The molecule has 0 bridgehead atoms. The first-order valence-corrected chi connectivity index (χ1v) is 4.95. The van der Waals surface area contributed by atoms with Crippen molar-refractivity contribution in [2.45, 2.75) is 6.54 Å². The molecule has 2 N–H and O–H groups in total. The third-order valence-electron chi connectivity index (χ3n) is 2.27. The molecule has 0 saturated heterocycles. The maximum Gasteiger partial charge on any atom is 0.134 e. The van der Waals surface area contributed by atoms with Crippen molar-refractivity contribution in [3.05, 3.63) is 35.0 Å². The first-order valence-electron chi connectivity index (χ1n) is 4.58. The lowest BCUT2D eigenvalue weighted by Gasteiger charge is -2.05. The summed E-state index contributed by atoms with van der Waals surface area (Å²) in [7, 11) is 1.63. The van der Waals surface area contributed by atoms with E-state index in [1.165, 1.54) is 0 Å². The van der Waals surface area contributed by atoms with Gasteiger partial charge in [-0.05, 0) is 24.3 Å². The molecule has 0 saturated carbocycles. The van der Waals surface area contributed by atoms with Crippen LogP contribution in [0.2, 0.25) is 5.15 Å². The van der Waals surface area contributed by atoms with Crippen LogP contribution in [0.1, 0.15) is 5.56 Å². The Morgan fingerprint density at radius 2 is 2.20 bits per heavy atom. The van der Waals surface area contributed by atoms with E-state index in [0.717, 1.165) is 22.2 Å². The molecule has 2 rings (SSSR count). The van der Waals surface area contributed by atoms with Crippen LogP contribution in [0.5, 0.6) is 5.75 Å². The van der Waals surface area contributed by atoms with Crippen LogP contribution < -0.4 is 10.5 Å². The fourth-order valence-corrected chi connectivity index (χ4v) is 1.67. The van der Waals surface area contributed by atoms with Gasteiger partial charge in [0, 0.05) is 17.5 Å². The molecule has 0 spiro atoms. The molecule has 0 aliphatic heterocycles. The van der Waals surface area contributed by atoms with Gasteiger partial charge in [-0.2, -0.15) is 0 Å². The summed E-state index contributed by atoms with van der Waals surface area (Å²) in [5.74, 6) is 0.801. The Labute approximate surface area is 92.8 Å². The van der Waals surface area contributed by atoms with Gasteiger partial charge in [0.15, 0.2) is 0 Å². The predicted octanol–water partition coefficient (Wildman–Crippen LogP) is 2.36. The second-order valence-electron chi connectivity index (χ2n) is 3.20. The van der Waals surface area contributed by atoms with Crippen LogP contribution in [0.4, 0.5) is 0 Å². The third kappa shape index (κ3) is 1.89. The molecular weight excluding hydrogens is 212 g/mol. The van der Waals surface area contributed by atoms with Crippen LogP contribution in [-0.4, -0.2) is 12.1 Å². The normalized spacial score (nSPS) is 10.6. The third-order valence-corrected chi connectivity index (χ3v) is 2.60. The van der Waals surface area contributed by atoms with Gasteiger partial charge in [-0.15, -0.1) is 0 Å². The SMILES string of the molecule is COc1ccc2nc(Cl)c(CN)cc2c1. The maximum atomic E-state index is 5.95. The van der Waals surface area contributed by atoms with E-state index in [2.05, 4.69) is 4.98 Å². The summed E-state index contributed by atoms with van der Waals surface area (Å²) in [6, 6.07) is 7.58. The topological polar surface area (TPSA) is 48.1 Å². The first kappa shape index (κ1) is 10.2. The number of benzene rings is 1. The Bertz CT molecular complexity index is 499. The van der Waals surface area contributed by atoms with E-state index in [9.17, 15) is 0 Å². The van der Waals surface area contributed by atoms with E-state index in [1.54, 1.807) is 7.11 Å². The molecule has 78 valence electrons. The molecule has 0 aliphatic rings. The monoisotopic (exact) mass is 222 g/mol. The molecule has 1 aromatic carbocycles. The van der Waals surface area contributed by atoms with Gasteiger partial charge in [-0.3, -0.25) is 0 Å². The molecule has 0 atom stereocenters. The van der Waals surface area contributed by atoms with Gasteiger partial charge in [0.25, 0.3) is 0 Å². The molecule has 0 radical (unpaired) electrons. The highest BCUT2D eigenvalue weighted by molar-refractivity contribution is 6.30. The minimum Gasteiger partial charge on any atom is -0.497 e. The molecular formula is C11H11ClN2O. The molecule has 0 fully saturated rings. The summed E-state index contributed by atoms with van der Waals surface area (Å²) in [5, 5.41) is 1.45. The minimum absolute atomic E-state index is 0.388. The number of nitrogens with two attached hydrogens (primary N) is 1. The van der Waals surface area contributed by atoms with Crippen molar-refractivity contribution >= 4 is 22.5 Å². The average Bonchev–Trinajstić information content (AvgIpc) is 2.27. The molecule has 3 nitrogen and oxygen atoms in total. The number of ether oxygens (including phenoxy) is 1.